The van der Waals surface area contributed by atoms with Gasteiger partial charge in [0.15, 0.2) is 0 Å². The zero-order valence-corrected chi connectivity index (χ0v) is 14.9. The molecule has 7 heteroatoms. The molecule has 1 unspecified atom stereocenters. The molecule has 0 aromatic heterocycles. The minimum Gasteiger partial charge on any atom is -0.497 e. The van der Waals surface area contributed by atoms with E-state index < -0.39 is 11.8 Å². The Kier molecular flexibility index (Phi) is 6.73. The Labute approximate surface area is 152 Å². The zero-order chi connectivity index (χ0) is 18.9. The van der Waals surface area contributed by atoms with E-state index in [1.807, 2.05) is 30.3 Å². The maximum atomic E-state index is 12.0. The van der Waals surface area contributed by atoms with Crippen LogP contribution in [0.2, 0.25) is 0 Å². The van der Waals surface area contributed by atoms with Gasteiger partial charge in [-0.3, -0.25) is 9.59 Å². The summed E-state index contributed by atoms with van der Waals surface area (Å²) >= 11 is 0. The van der Waals surface area contributed by atoms with E-state index in [1.54, 1.807) is 32.2 Å². The first-order valence-electron chi connectivity index (χ1n) is 7.96. The second kappa shape index (κ2) is 9.22. The SMILES string of the molecule is COc1ccc(OC)c(C=NNC(=O)C(=O)NC(C)c2ccccc2)c1. The van der Waals surface area contributed by atoms with E-state index in [2.05, 4.69) is 15.8 Å². The van der Waals surface area contributed by atoms with Gasteiger partial charge in [0.05, 0.1) is 26.5 Å². The summed E-state index contributed by atoms with van der Waals surface area (Å²) in [4.78, 5) is 23.8. The Hall–Kier alpha value is -3.35. The molecule has 0 aliphatic heterocycles. The molecule has 0 bridgehead atoms. The highest BCUT2D eigenvalue weighted by Crippen LogP contribution is 2.22. The third-order valence-corrected chi connectivity index (χ3v) is 3.66. The zero-order valence-electron chi connectivity index (χ0n) is 14.9. The van der Waals surface area contributed by atoms with Gasteiger partial charge in [-0.15, -0.1) is 0 Å². The number of methoxy groups -OCH3 is 2. The number of carbonyl (C=O) groups excluding carboxylic acids is 2. The average Bonchev–Trinajstić information content (AvgIpc) is 2.68. The second-order valence-corrected chi connectivity index (χ2v) is 5.41. The molecule has 0 fully saturated rings. The van der Waals surface area contributed by atoms with E-state index in [0.717, 1.165) is 5.56 Å². The molecule has 2 rings (SSSR count). The summed E-state index contributed by atoms with van der Waals surface area (Å²) in [6, 6.07) is 14.2. The normalized spacial score (nSPS) is 11.7. The van der Waals surface area contributed by atoms with Crippen LogP contribution in [0.5, 0.6) is 11.5 Å². The molecule has 2 N–H and O–H groups in total. The minimum atomic E-state index is -0.856. The highest BCUT2D eigenvalue weighted by molar-refractivity contribution is 6.35. The molecule has 2 amide bonds. The molecule has 2 aromatic rings. The number of amides is 2. The maximum Gasteiger partial charge on any atom is 0.329 e. The summed E-state index contributed by atoms with van der Waals surface area (Å²) < 4.78 is 10.3. The van der Waals surface area contributed by atoms with Gasteiger partial charge in [-0.1, -0.05) is 30.3 Å². The van der Waals surface area contributed by atoms with Gasteiger partial charge >= 0.3 is 11.8 Å². The van der Waals surface area contributed by atoms with Crippen LogP contribution in [0.4, 0.5) is 0 Å². The Bertz CT molecular complexity index is 791. The van der Waals surface area contributed by atoms with Crippen molar-refractivity contribution in [3.8, 4) is 11.5 Å². The lowest BCUT2D eigenvalue weighted by Gasteiger charge is -2.13. The Morgan fingerprint density at radius 2 is 1.77 bits per heavy atom. The van der Waals surface area contributed by atoms with Crippen molar-refractivity contribution in [2.24, 2.45) is 5.10 Å². The lowest BCUT2D eigenvalue weighted by Crippen LogP contribution is -2.39. The lowest BCUT2D eigenvalue weighted by molar-refractivity contribution is -0.139. The smallest absolute Gasteiger partial charge is 0.329 e. The molecule has 1 atom stereocenters. The van der Waals surface area contributed by atoms with E-state index in [1.165, 1.54) is 13.3 Å². The summed E-state index contributed by atoms with van der Waals surface area (Å²) in [7, 11) is 3.07. The van der Waals surface area contributed by atoms with Crippen molar-refractivity contribution in [1.82, 2.24) is 10.7 Å². The molecule has 0 aliphatic carbocycles. The van der Waals surface area contributed by atoms with Crippen molar-refractivity contribution in [1.29, 1.82) is 0 Å². The topological polar surface area (TPSA) is 89.0 Å². The average molecular weight is 355 g/mol. The number of hydrogen-bond donors (Lipinski definition) is 2. The number of hydrazone groups is 1. The van der Waals surface area contributed by atoms with Gasteiger partial charge in [0.1, 0.15) is 11.5 Å². The van der Waals surface area contributed by atoms with Crippen LogP contribution >= 0.6 is 0 Å². The van der Waals surface area contributed by atoms with E-state index >= 15 is 0 Å². The van der Waals surface area contributed by atoms with Gasteiger partial charge in [-0.2, -0.15) is 5.10 Å². The highest BCUT2D eigenvalue weighted by atomic mass is 16.5. The predicted octanol–water partition coefficient (Wildman–Crippen LogP) is 2.03. The molecule has 0 spiro atoms. The predicted molar refractivity (Wildman–Crippen MR) is 98.3 cm³/mol. The molecule has 0 radical (unpaired) electrons. The van der Waals surface area contributed by atoms with Crippen molar-refractivity contribution in [2.45, 2.75) is 13.0 Å². The summed E-state index contributed by atoms with van der Waals surface area (Å²) in [5, 5.41) is 6.42. The molecule has 0 aliphatic rings. The summed E-state index contributed by atoms with van der Waals surface area (Å²) in [5.41, 5.74) is 3.70. The fraction of sp³-hybridized carbons (Fsp3) is 0.211. The molecule has 26 heavy (non-hydrogen) atoms. The molecule has 0 saturated carbocycles. The number of carbonyl (C=O) groups is 2. The number of hydrogen-bond acceptors (Lipinski definition) is 5. The Morgan fingerprint density at radius 3 is 2.42 bits per heavy atom. The first kappa shape index (κ1) is 19.0. The molecule has 2 aromatic carbocycles. The van der Waals surface area contributed by atoms with Crippen LogP contribution in [0.25, 0.3) is 0 Å². The summed E-state index contributed by atoms with van der Waals surface area (Å²) in [6.45, 7) is 1.80. The van der Waals surface area contributed by atoms with Gasteiger partial charge in [0.25, 0.3) is 0 Å². The largest absolute Gasteiger partial charge is 0.497 e. The second-order valence-electron chi connectivity index (χ2n) is 5.41. The first-order valence-corrected chi connectivity index (χ1v) is 7.96. The van der Waals surface area contributed by atoms with E-state index in [0.29, 0.717) is 17.1 Å². The summed E-state index contributed by atoms with van der Waals surface area (Å²) in [6.07, 6.45) is 1.38. The monoisotopic (exact) mass is 355 g/mol. The van der Waals surface area contributed by atoms with Gasteiger partial charge in [0, 0.05) is 5.56 Å². The molecule has 136 valence electrons. The van der Waals surface area contributed by atoms with E-state index in [4.69, 9.17) is 9.47 Å². The minimum absolute atomic E-state index is 0.295. The van der Waals surface area contributed by atoms with Crippen LogP contribution in [0, 0.1) is 0 Å². The van der Waals surface area contributed by atoms with Gasteiger partial charge < -0.3 is 14.8 Å². The van der Waals surface area contributed by atoms with Crippen molar-refractivity contribution in [3.63, 3.8) is 0 Å². The van der Waals surface area contributed by atoms with E-state index in [-0.39, 0.29) is 6.04 Å². The fourth-order valence-electron chi connectivity index (χ4n) is 2.24. The lowest BCUT2D eigenvalue weighted by atomic mass is 10.1. The van der Waals surface area contributed by atoms with E-state index in [9.17, 15) is 9.59 Å². The quantitative estimate of drug-likeness (QED) is 0.471. The van der Waals surface area contributed by atoms with Gasteiger partial charge in [0.2, 0.25) is 0 Å². The third kappa shape index (κ3) is 5.07. The van der Waals surface area contributed by atoms with Gasteiger partial charge in [-0.25, -0.2) is 5.43 Å². The van der Waals surface area contributed by atoms with Crippen molar-refractivity contribution in [3.05, 3.63) is 59.7 Å². The number of ether oxygens (including phenoxy) is 2. The molecular weight excluding hydrogens is 334 g/mol. The number of nitrogens with one attached hydrogen (secondary N) is 2. The number of rotatable bonds is 6. The van der Waals surface area contributed by atoms with Crippen molar-refractivity contribution >= 4 is 18.0 Å². The first-order chi connectivity index (χ1) is 12.5. The Morgan fingerprint density at radius 1 is 1.04 bits per heavy atom. The third-order valence-electron chi connectivity index (χ3n) is 3.66. The molecule has 0 heterocycles. The summed E-state index contributed by atoms with van der Waals surface area (Å²) in [5.74, 6) is -0.444. The maximum absolute atomic E-state index is 12.0. The molecular formula is C19H21N3O4. The Balaban J connectivity index is 1.95. The van der Waals surface area contributed by atoms with Crippen LogP contribution in [-0.2, 0) is 9.59 Å². The van der Waals surface area contributed by atoms with Crippen LogP contribution in [-0.4, -0.2) is 32.2 Å². The fourth-order valence-corrected chi connectivity index (χ4v) is 2.24. The van der Waals surface area contributed by atoms with Crippen LogP contribution in [0.15, 0.2) is 53.6 Å². The van der Waals surface area contributed by atoms with Crippen molar-refractivity contribution < 1.29 is 19.1 Å². The molecule has 7 nitrogen and oxygen atoms in total. The van der Waals surface area contributed by atoms with Gasteiger partial charge in [-0.05, 0) is 30.7 Å². The van der Waals surface area contributed by atoms with Crippen molar-refractivity contribution in [2.75, 3.05) is 14.2 Å². The van der Waals surface area contributed by atoms with Crippen LogP contribution in [0.3, 0.4) is 0 Å². The van der Waals surface area contributed by atoms with Crippen LogP contribution < -0.4 is 20.2 Å². The highest BCUT2D eigenvalue weighted by Gasteiger charge is 2.16. The standard InChI is InChI=1S/C19H21N3O4/c1-13(14-7-5-4-6-8-14)21-18(23)19(24)22-20-12-15-11-16(25-2)9-10-17(15)26-3/h4-13H,1-3H3,(H,21,23)(H,22,24). The van der Waals surface area contributed by atoms with Crippen LogP contribution in [0.1, 0.15) is 24.1 Å². The number of nitrogens with zero attached hydrogens (tertiary/aromatic N) is 1. The molecule has 0 saturated heterocycles. The number of benzene rings is 2.